The lowest BCUT2D eigenvalue weighted by Gasteiger charge is -2.30. The summed E-state index contributed by atoms with van der Waals surface area (Å²) in [6.45, 7) is 1.05. The maximum Gasteiger partial charge on any atom is 0.133 e. The second-order valence-electron chi connectivity index (χ2n) is 4.26. The van der Waals surface area contributed by atoms with E-state index >= 15 is 0 Å². The Kier molecular flexibility index (Phi) is 3.00. The van der Waals surface area contributed by atoms with Crippen molar-refractivity contribution in [2.45, 2.75) is 19.3 Å². The first-order chi connectivity index (χ1) is 7.15. The Morgan fingerprint density at radius 1 is 1.53 bits per heavy atom. The number of hydrogen-bond acceptors (Lipinski definition) is 3. The van der Waals surface area contributed by atoms with Gasteiger partial charge in [0.2, 0.25) is 0 Å². The zero-order chi connectivity index (χ0) is 10.8. The van der Waals surface area contributed by atoms with Crippen LogP contribution in [-0.4, -0.2) is 18.6 Å². The number of anilines is 2. The highest BCUT2D eigenvalue weighted by atomic mass is 35.5. The molecule has 4 heteroatoms. The molecule has 82 valence electrons. The second-order valence-corrected chi connectivity index (χ2v) is 4.65. The van der Waals surface area contributed by atoms with Crippen LogP contribution in [0.5, 0.6) is 0 Å². The van der Waals surface area contributed by atoms with Gasteiger partial charge in [0.15, 0.2) is 0 Å². The fourth-order valence-electron chi connectivity index (χ4n) is 1.85. The molecular formula is C11H16ClN3. The first-order valence-corrected chi connectivity index (χ1v) is 5.67. The van der Waals surface area contributed by atoms with E-state index in [4.69, 9.17) is 17.3 Å². The molecule has 1 saturated carbocycles. The SMILES string of the molecule is CN(CC1CCC1)c1cc(N)cc(Cl)n1. The molecule has 0 spiro atoms. The lowest BCUT2D eigenvalue weighted by molar-refractivity contribution is 0.321. The van der Waals surface area contributed by atoms with Crippen LogP contribution in [0.1, 0.15) is 19.3 Å². The van der Waals surface area contributed by atoms with Gasteiger partial charge in [-0.25, -0.2) is 4.98 Å². The van der Waals surface area contributed by atoms with E-state index in [1.807, 2.05) is 13.1 Å². The summed E-state index contributed by atoms with van der Waals surface area (Å²) >= 11 is 5.86. The van der Waals surface area contributed by atoms with Gasteiger partial charge in [-0.1, -0.05) is 18.0 Å². The monoisotopic (exact) mass is 225 g/mol. The topological polar surface area (TPSA) is 42.1 Å². The van der Waals surface area contributed by atoms with E-state index in [2.05, 4.69) is 9.88 Å². The summed E-state index contributed by atoms with van der Waals surface area (Å²) in [4.78, 5) is 6.39. The van der Waals surface area contributed by atoms with Crippen molar-refractivity contribution >= 4 is 23.1 Å². The first kappa shape index (κ1) is 10.6. The smallest absolute Gasteiger partial charge is 0.133 e. The average molecular weight is 226 g/mol. The Hall–Kier alpha value is -0.960. The number of halogens is 1. The third kappa shape index (κ3) is 2.53. The molecule has 0 saturated heterocycles. The average Bonchev–Trinajstić information content (AvgIpc) is 2.09. The van der Waals surface area contributed by atoms with Gasteiger partial charge in [-0.3, -0.25) is 0 Å². The molecule has 0 aliphatic heterocycles. The van der Waals surface area contributed by atoms with E-state index < -0.39 is 0 Å². The zero-order valence-electron chi connectivity index (χ0n) is 8.91. The Morgan fingerprint density at radius 3 is 2.80 bits per heavy atom. The van der Waals surface area contributed by atoms with Crippen molar-refractivity contribution in [3.63, 3.8) is 0 Å². The molecule has 0 atom stereocenters. The van der Waals surface area contributed by atoms with E-state index in [0.29, 0.717) is 10.8 Å². The summed E-state index contributed by atoms with van der Waals surface area (Å²) in [5.41, 5.74) is 6.40. The second kappa shape index (κ2) is 4.27. The summed E-state index contributed by atoms with van der Waals surface area (Å²) in [6.07, 6.45) is 4.03. The summed E-state index contributed by atoms with van der Waals surface area (Å²) in [5, 5.41) is 0.463. The lowest BCUT2D eigenvalue weighted by Crippen LogP contribution is -2.29. The molecule has 1 aromatic heterocycles. The maximum atomic E-state index is 5.86. The Labute approximate surface area is 95.2 Å². The number of aromatic nitrogens is 1. The molecule has 0 bridgehead atoms. The van der Waals surface area contributed by atoms with E-state index in [-0.39, 0.29) is 0 Å². The molecule has 1 aliphatic carbocycles. The molecular weight excluding hydrogens is 210 g/mol. The normalized spacial score (nSPS) is 16.1. The van der Waals surface area contributed by atoms with Crippen LogP contribution in [-0.2, 0) is 0 Å². The van der Waals surface area contributed by atoms with Crippen LogP contribution >= 0.6 is 11.6 Å². The van der Waals surface area contributed by atoms with Crippen LogP contribution in [0.3, 0.4) is 0 Å². The molecule has 1 heterocycles. The Morgan fingerprint density at radius 2 is 2.27 bits per heavy atom. The van der Waals surface area contributed by atoms with Crippen molar-refractivity contribution in [1.82, 2.24) is 4.98 Å². The minimum atomic E-state index is 0.463. The zero-order valence-corrected chi connectivity index (χ0v) is 9.67. The fourth-order valence-corrected chi connectivity index (χ4v) is 2.07. The molecule has 1 aliphatic rings. The minimum Gasteiger partial charge on any atom is -0.399 e. The van der Waals surface area contributed by atoms with Gasteiger partial charge in [-0.05, 0) is 24.8 Å². The van der Waals surface area contributed by atoms with E-state index in [1.165, 1.54) is 19.3 Å². The van der Waals surface area contributed by atoms with E-state index in [0.717, 1.165) is 18.3 Å². The molecule has 15 heavy (non-hydrogen) atoms. The third-order valence-corrected chi connectivity index (χ3v) is 3.14. The number of rotatable bonds is 3. The van der Waals surface area contributed by atoms with Crippen LogP contribution in [0, 0.1) is 5.92 Å². The van der Waals surface area contributed by atoms with Crippen molar-refractivity contribution < 1.29 is 0 Å². The van der Waals surface area contributed by atoms with E-state index in [1.54, 1.807) is 6.07 Å². The van der Waals surface area contributed by atoms with Crippen molar-refractivity contribution in [3.8, 4) is 0 Å². The molecule has 1 fully saturated rings. The van der Waals surface area contributed by atoms with Gasteiger partial charge in [0.05, 0.1) is 0 Å². The quantitative estimate of drug-likeness (QED) is 0.804. The molecule has 0 unspecified atom stereocenters. The highest BCUT2D eigenvalue weighted by Crippen LogP contribution is 2.28. The first-order valence-electron chi connectivity index (χ1n) is 5.29. The minimum absolute atomic E-state index is 0.463. The molecule has 2 rings (SSSR count). The maximum absolute atomic E-state index is 5.86. The summed E-state index contributed by atoms with van der Waals surface area (Å²) < 4.78 is 0. The Balaban J connectivity index is 2.06. The van der Waals surface area contributed by atoms with Gasteiger partial charge in [0.25, 0.3) is 0 Å². The van der Waals surface area contributed by atoms with Gasteiger partial charge in [-0.2, -0.15) is 0 Å². The predicted octanol–water partition coefficient (Wildman–Crippen LogP) is 2.55. The number of hydrogen-bond donors (Lipinski definition) is 1. The lowest BCUT2D eigenvalue weighted by atomic mass is 9.85. The molecule has 0 radical (unpaired) electrons. The molecule has 0 amide bonds. The highest BCUT2D eigenvalue weighted by molar-refractivity contribution is 6.29. The Bertz CT molecular complexity index is 329. The van der Waals surface area contributed by atoms with Crippen molar-refractivity contribution in [2.24, 2.45) is 5.92 Å². The third-order valence-electron chi connectivity index (χ3n) is 2.95. The summed E-state index contributed by atoms with van der Waals surface area (Å²) in [7, 11) is 2.04. The van der Waals surface area contributed by atoms with Gasteiger partial charge in [0.1, 0.15) is 11.0 Å². The van der Waals surface area contributed by atoms with Gasteiger partial charge in [0, 0.05) is 25.3 Å². The van der Waals surface area contributed by atoms with Gasteiger partial charge < -0.3 is 10.6 Å². The number of nitrogen functional groups attached to an aromatic ring is 1. The van der Waals surface area contributed by atoms with Crippen LogP contribution in [0.25, 0.3) is 0 Å². The summed E-state index contributed by atoms with van der Waals surface area (Å²) in [6, 6.07) is 3.53. The predicted molar refractivity (Wildman–Crippen MR) is 64.3 cm³/mol. The van der Waals surface area contributed by atoms with E-state index in [9.17, 15) is 0 Å². The molecule has 1 aromatic rings. The van der Waals surface area contributed by atoms with Gasteiger partial charge >= 0.3 is 0 Å². The van der Waals surface area contributed by atoms with Crippen molar-refractivity contribution in [1.29, 1.82) is 0 Å². The number of nitrogens with two attached hydrogens (primary N) is 1. The van der Waals surface area contributed by atoms with Crippen LogP contribution in [0.2, 0.25) is 5.15 Å². The largest absolute Gasteiger partial charge is 0.399 e. The molecule has 0 aromatic carbocycles. The molecule has 3 nitrogen and oxygen atoms in total. The number of pyridine rings is 1. The molecule has 2 N–H and O–H groups in total. The van der Waals surface area contributed by atoms with Crippen LogP contribution in [0.15, 0.2) is 12.1 Å². The standard InChI is InChI=1S/C11H16ClN3/c1-15(7-8-3-2-4-8)11-6-9(13)5-10(12)14-11/h5-6,8H,2-4,7H2,1H3,(H2,13,14). The fraction of sp³-hybridized carbons (Fsp3) is 0.545. The van der Waals surface area contributed by atoms with Gasteiger partial charge in [-0.15, -0.1) is 0 Å². The summed E-state index contributed by atoms with van der Waals surface area (Å²) in [5.74, 6) is 1.68. The van der Waals surface area contributed by atoms with Crippen LogP contribution in [0.4, 0.5) is 11.5 Å². The van der Waals surface area contributed by atoms with Crippen LogP contribution < -0.4 is 10.6 Å². The van der Waals surface area contributed by atoms with Crippen molar-refractivity contribution in [2.75, 3.05) is 24.2 Å². The highest BCUT2D eigenvalue weighted by Gasteiger charge is 2.19. The van der Waals surface area contributed by atoms with Crippen molar-refractivity contribution in [3.05, 3.63) is 17.3 Å². The number of nitrogens with zero attached hydrogens (tertiary/aromatic N) is 2.